The van der Waals surface area contributed by atoms with Gasteiger partial charge in [0, 0.05) is 42.8 Å². The number of hydrogen-bond acceptors (Lipinski definition) is 9. The summed E-state index contributed by atoms with van der Waals surface area (Å²) in [4.78, 5) is 33.0. The summed E-state index contributed by atoms with van der Waals surface area (Å²) < 4.78 is 29.0. The number of hydrogen-bond donors (Lipinski definition) is 2. The summed E-state index contributed by atoms with van der Waals surface area (Å²) in [5, 5.41) is 6.73. The summed E-state index contributed by atoms with van der Waals surface area (Å²) in [6.45, 7) is 4.21. The van der Waals surface area contributed by atoms with Crippen LogP contribution in [0.2, 0.25) is 0 Å². The minimum absolute atomic E-state index is 0.252. The topological polar surface area (TPSA) is 95.9 Å². The third-order valence-corrected chi connectivity index (χ3v) is 9.18. The number of thiazole rings is 1. The van der Waals surface area contributed by atoms with Gasteiger partial charge in [-0.2, -0.15) is 0 Å². The van der Waals surface area contributed by atoms with Gasteiger partial charge in [-0.25, -0.2) is 19.3 Å². The SMILES string of the molecule is Cc1ccnc(Nc2ncc(Sc3ccnc(C(=O)NCC4(c5ccccn5)CCN(CCCF)CC4)c3F)s2)c1. The van der Waals surface area contributed by atoms with Crippen LogP contribution < -0.4 is 10.6 Å². The Morgan fingerprint density at radius 2 is 1.93 bits per heavy atom. The van der Waals surface area contributed by atoms with Gasteiger partial charge in [-0.1, -0.05) is 29.2 Å². The number of nitrogens with one attached hydrogen (secondary N) is 2. The molecule has 4 aromatic heterocycles. The van der Waals surface area contributed by atoms with Crippen LogP contribution in [0.25, 0.3) is 0 Å². The molecule has 5 rings (SSSR count). The van der Waals surface area contributed by atoms with Crippen LogP contribution in [0, 0.1) is 12.7 Å². The van der Waals surface area contributed by atoms with Gasteiger partial charge in [0.1, 0.15) is 5.82 Å². The highest BCUT2D eigenvalue weighted by Gasteiger charge is 2.38. The average Bonchev–Trinajstić information content (AvgIpc) is 3.43. The lowest BCUT2D eigenvalue weighted by atomic mass is 9.75. The third kappa shape index (κ3) is 7.24. The molecule has 0 aromatic carbocycles. The number of anilines is 2. The molecule has 214 valence electrons. The molecule has 0 unspecified atom stereocenters. The van der Waals surface area contributed by atoms with Gasteiger partial charge in [0.05, 0.1) is 22.0 Å². The van der Waals surface area contributed by atoms with E-state index < -0.39 is 17.1 Å². The standard InChI is InChI=1S/C29H31F2N7OS2/c1-20-6-12-33-23(17-20)37-28-35-18-24(41-28)40-21-7-13-34-26(25(21)31)27(39)36-19-29(22-5-2-3-11-32-22)8-15-38(16-9-29)14-4-10-30/h2-3,5-7,11-13,17-18H,4,8-10,14-16,19H2,1H3,(H,36,39)(H,33,35,37). The smallest absolute Gasteiger partial charge is 0.273 e. The maximum atomic E-state index is 15.5. The van der Waals surface area contributed by atoms with Crippen molar-refractivity contribution >= 4 is 40.0 Å². The van der Waals surface area contributed by atoms with Crippen molar-refractivity contribution in [3.63, 3.8) is 0 Å². The van der Waals surface area contributed by atoms with Crippen LogP contribution in [0.4, 0.5) is 19.7 Å². The monoisotopic (exact) mass is 595 g/mol. The Bertz CT molecular complexity index is 1460. The van der Waals surface area contributed by atoms with E-state index in [1.807, 2.05) is 37.3 Å². The molecule has 8 nitrogen and oxygen atoms in total. The van der Waals surface area contributed by atoms with Gasteiger partial charge in [-0.3, -0.25) is 14.2 Å². The van der Waals surface area contributed by atoms with E-state index in [1.165, 1.54) is 29.3 Å². The molecule has 0 saturated carbocycles. The van der Waals surface area contributed by atoms with E-state index in [1.54, 1.807) is 24.7 Å². The van der Waals surface area contributed by atoms with Crippen molar-refractivity contribution in [2.24, 2.45) is 0 Å². The Hall–Kier alpha value is -3.48. The number of aromatic nitrogens is 4. The zero-order chi connectivity index (χ0) is 28.7. The van der Waals surface area contributed by atoms with E-state index in [-0.39, 0.29) is 17.3 Å². The first kappa shape index (κ1) is 29.0. The van der Waals surface area contributed by atoms with Crippen LogP contribution in [-0.4, -0.2) is 63.6 Å². The number of nitrogens with zero attached hydrogens (tertiary/aromatic N) is 5. The van der Waals surface area contributed by atoms with Crippen LogP contribution >= 0.6 is 23.1 Å². The predicted molar refractivity (Wildman–Crippen MR) is 157 cm³/mol. The Kier molecular flexibility index (Phi) is 9.53. The number of carbonyl (C=O) groups excluding carboxylic acids is 1. The lowest BCUT2D eigenvalue weighted by Crippen LogP contribution is -2.49. The molecule has 0 atom stereocenters. The number of rotatable bonds is 11. The molecule has 5 heterocycles. The lowest BCUT2D eigenvalue weighted by molar-refractivity contribution is 0.0908. The second-order valence-electron chi connectivity index (χ2n) is 9.96. The molecule has 0 radical (unpaired) electrons. The van der Waals surface area contributed by atoms with Crippen LogP contribution in [0.1, 0.15) is 41.0 Å². The molecule has 1 aliphatic heterocycles. The third-order valence-electron chi connectivity index (χ3n) is 7.13. The first-order chi connectivity index (χ1) is 20.0. The van der Waals surface area contributed by atoms with Crippen molar-refractivity contribution in [2.45, 2.75) is 40.7 Å². The molecule has 4 aromatic rings. The Labute approximate surface area is 246 Å². The summed E-state index contributed by atoms with van der Waals surface area (Å²) in [7, 11) is 0. The van der Waals surface area contributed by atoms with Crippen molar-refractivity contribution < 1.29 is 13.6 Å². The van der Waals surface area contributed by atoms with Crippen molar-refractivity contribution in [3.05, 3.63) is 84.0 Å². The van der Waals surface area contributed by atoms with Crippen LogP contribution in [0.5, 0.6) is 0 Å². The minimum atomic E-state index is -0.675. The summed E-state index contributed by atoms with van der Waals surface area (Å²) in [6.07, 6.45) is 8.57. The zero-order valence-corrected chi connectivity index (χ0v) is 24.3. The molecule has 0 spiro atoms. The van der Waals surface area contributed by atoms with Gasteiger partial charge in [0.15, 0.2) is 16.6 Å². The highest BCUT2D eigenvalue weighted by molar-refractivity contribution is 8.01. The van der Waals surface area contributed by atoms with Gasteiger partial charge < -0.3 is 15.5 Å². The number of pyridine rings is 3. The molecular formula is C29H31F2N7OS2. The van der Waals surface area contributed by atoms with E-state index in [4.69, 9.17) is 0 Å². The highest BCUT2D eigenvalue weighted by atomic mass is 32.2. The fourth-order valence-corrected chi connectivity index (χ4v) is 6.74. The van der Waals surface area contributed by atoms with E-state index >= 15 is 4.39 Å². The lowest BCUT2D eigenvalue weighted by Gasteiger charge is -2.41. The fourth-order valence-electron chi connectivity index (χ4n) is 4.87. The van der Waals surface area contributed by atoms with E-state index in [2.05, 4.69) is 35.5 Å². The predicted octanol–water partition coefficient (Wildman–Crippen LogP) is 5.79. The molecular weight excluding hydrogens is 564 g/mol. The minimum Gasteiger partial charge on any atom is -0.350 e. The molecule has 1 fully saturated rings. The first-order valence-corrected chi connectivity index (χ1v) is 15.0. The molecule has 1 amide bonds. The van der Waals surface area contributed by atoms with Gasteiger partial charge in [-0.15, -0.1) is 0 Å². The van der Waals surface area contributed by atoms with Gasteiger partial charge >= 0.3 is 0 Å². The first-order valence-electron chi connectivity index (χ1n) is 13.4. The number of carbonyl (C=O) groups is 1. The van der Waals surface area contributed by atoms with Crippen LogP contribution in [0.3, 0.4) is 0 Å². The number of aryl methyl sites for hydroxylation is 1. The van der Waals surface area contributed by atoms with E-state index in [0.717, 1.165) is 41.4 Å². The number of halogens is 2. The molecule has 1 aliphatic rings. The summed E-state index contributed by atoms with van der Waals surface area (Å²) in [6, 6.07) is 11.1. The van der Waals surface area contributed by atoms with Gasteiger partial charge in [0.2, 0.25) is 0 Å². The number of likely N-dealkylation sites (tertiary alicyclic amines) is 1. The second-order valence-corrected chi connectivity index (χ2v) is 12.3. The van der Waals surface area contributed by atoms with Crippen molar-refractivity contribution in [1.82, 2.24) is 30.2 Å². The fraction of sp³-hybridized carbons (Fsp3) is 0.345. The molecule has 0 bridgehead atoms. The van der Waals surface area contributed by atoms with Crippen LogP contribution in [0.15, 0.2) is 70.3 Å². The maximum Gasteiger partial charge on any atom is 0.273 e. The number of alkyl halides is 1. The largest absolute Gasteiger partial charge is 0.350 e. The molecule has 0 aliphatic carbocycles. The second kappa shape index (κ2) is 13.5. The summed E-state index contributed by atoms with van der Waals surface area (Å²) in [5.74, 6) is -0.567. The summed E-state index contributed by atoms with van der Waals surface area (Å²) >= 11 is 2.55. The Morgan fingerprint density at radius 3 is 2.68 bits per heavy atom. The van der Waals surface area contributed by atoms with Crippen LogP contribution in [-0.2, 0) is 5.41 Å². The van der Waals surface area contributed by atoms with Crippen molar-refractivity contribution in [3.8, 4) is 0 Å². The average molecular weight is 596 g/mol. The molecule has 41 heavy (non-hydrogen) atoms. The number of amides is 1. The number of piperidine rings is 1. The highest BCUT2D eigenvalue weighted by Crippen LogP contribution is 2.37. The normalized spacial score (nSPS) is 15.0. The van der Waals surface area contributed by atoms with E-state index in [0.29, 0.717) is 30.5 Å². The Balaban J connectivity index is 1.26. The molecule has 1 saturated heterocycles. The summed E-state index contributed by atoms with van der Waals surface area (Å²) in [5.41, 5.74) is 1.31. The quantitative estimate of drug-likeness (QED) is 0.225. The van der Waals surface area contributed by atoms with Crippen molar-refractivity contribution in [2.75, 3.05) is 38.2 Å². The van der Waals surface area contributed by atoms with Gasteiger partial charge in [-0.05, 0) is 75.2 Å². The van der Waals surface area contributed by atoms with Crippen molar-refractivity contribution in [1.29, 1.82) is 0 Å². The van der Waals surface area contributed by atoms with E-state index in [9.17, 15) is 9.18 Å². The van der Waals surface area contributed by atoms with Gasteiger partial charge in [0.25, 0.3) is 5.91 Å². The Morgan fingerprint density at radius 1 is 1.10 bits per heavy atom. The zero-order valence-electron chi connectivity index (χ0n) is 22.6. The molecule has 2 N–H and O–H groups in total. The molecule has 12 heteroatoms. The maximum absolute atomic E-state index is 15.5.